The van der Waals surface area contributed by atoms with Crippen LogP contribution in [-0.2, 0) is 19.1 Å². The fourth-order valence-electron chi connectivity index (χ4n) is 8.33. The molecule has 0 heterocycles. The van der Waals surface area contributed by atoms with Gasteiger partial charge in [-0.05, 0) is 55.6 Å². The highest BCUT2D eigenvalue weighted by atomic mass is 35.5. The molecule has 0 radical (unpaired) electrons. The maximum absolute atomic E-state index is 15.0. The lowest BCUT2D eigenvalue weighted by Crippen LogP contribution is -2.69. The van der Waals surface area contributed by atoms with Crippen LogP contribution in [0.4, 0.5) is 4.39 Å². The van der Waals surface area contributed by atoms with Crippen LogP contribution in [0.3, 0.4) is 0 Å². The minimum atomic E-state index is -1.47. The molecule has 3 fully saturated rings. The van der Waals surface area contributed by atoms with Crippen LogP contribution in [0.5, 0.6) is 0 Å². The van der Waals surface area contributed by atoms with Gasteiger partial charge in [0, 0.05) is 23.2 Å². The fraction of sp³-hybridized carbons (Fsp3) is 0.750. The van der Waals surface area contributed by atoms with Crippen molar-refractivity contribution in [3.05, 3.63) is 23.6 Å². The smallest absolute Gasteiger partial charge is 0.306 e. The number of carbonyl (C=O) groups is 3. The van der Waals surface area contributed by atoms with Gasteiger partial charge < -0.3 is 9.84 Å². The summed E-state index contributed by atoms with van der Waals surface area (Å²) in [5.74, 6) is -3.33. The number of allylic oxidation sites excluding steroid dienone is 4. The Labute approximate surface area is 222 Å². The third kappa shape index (κ3) is 3.53. The Morgan fingerprint density at radius 1 is 1.25 bits per heavy atom. The van der Waals surface area contributed by atoms with Crippen molar-refractivity contribution in [1.29, 1.82) is 0 Å². The largest absolute Gasteiger partial charge is 0.450 e. The molecule has 0 aromatic heterocycles. The summed E-state index contributed by atoms with van der Waals surface area (Å²) in [6.45, 7) is 7.66. The summed E-state index contributed by atoms with van der Waals surface area (Å²) in [5.41, 5.74) is -3.09. The molecule has 8 atom stereocenters. The van der Waals surface area contributed by atoms with E-state index in [1.807, 2.05) is 20.8 Å². The molecular weight excluding hydrogens is 506 g/mol. The lowest BCUT2D eigenvalue weighted by molar-refractivity contribution is -0.200. The minimum absolute atomic E-state index is 0.0964. The number of fused-ring (bicyclic) bond motifs is 5. The van der Waals surface area contributed by atoms with Crippen molar-refractivity contribution in [2.75, 3.05) is 5.88 Å². The van der Waals surface area contributed by atoms with Crippen LogP contribution in [0.1, 0.15) is 79.1 Å². The summed E-state index contributed by atoms with van der Waals surface area (Å²) in [6.07, 6.45) is 5.90. The zero-order chi connectivity index (χ0) is 26.7. The van der Waals surface area contributed by atoms with Crippen molar-refractivity contribution in [2.24, 2.45) is 28.6 Å². The zero-order valence-electron chi connectivity index (χ0n) is 21.5. The molecule has 3 saturated carbocycles. The fourth-order valence-corrected chi connectivity index (χ4v) is 9.04. The van der Waals surface area contributed by atoms with E-state index >= 15 is 0 Å². The molecule has 200 valence electrons. The summed E-state index contributed by atoms with van der Waals surface area (Å²) < 4.78 is 21.1. The standard InChI is InChI=1S/C28H37Cl2FO5/c1-5-6-7-8-23(35)36-28(22(34)15-29)16(2)13-19-17-9-10-18-24(31)20(32)11-12-25(18,3)27(17,30)21(33)14-26(19,28)4/h11-12,16-17,19,21,33H,5-10,13-15H2,1-4H3/t16-,17-,19-,21-,25-,26-,27-,28+/m0/s1. The zero-order valence-corrected chi connectivity index (χ0v) is 23.1. The highest BCUT2D eigenvalue weighted by Gasteiger charge is 2.76. The number of alkyl halides is 2. The normalized spacial score (nSPS) is 43.6. The number of carbonyl (C=O) groups excluding carboxylic acids is 3. The highest BCUT2D eigenvalue weighted by Crippen LogP contribution is 2.72. The number of aliphatic hydroxyl groups excluding tert-OH is 1. The van der Waals surface area contributed by atoms with Crippen molar-refractivity contribution in [1.82, 2.24) is 0 Å². The predicted molar refractivity (Wildman–Crippen MR) is 136 cm³/mol. The van der Waals surface area contributed by atoms with Gasteiger partial charge in [0.25, 0.3) is 0 Å². The third-order valence-electron chi connectivity index (χ3n) is 10.1. The van der Waals surface area contributed by atoms with E-state index in [-0.39, 0.29) is 42.3 Å². The number of Topliss-reactive ketones (excluding diaryl/α,β-unsaturated/α-hetero) is 1. The van der Waals surface area contributed by atoms with E-state index < -0.39 is 45.0 Å². The maximum Gasteiger partial charge on any atom is 0.306 e. The van der Waals surface area contributed by atoms with E-state index in [1.165, 1.54) is 6.08 Å². The first-order chi connectivity index (χ1) is 16.8. The van der Waals surface area contributed by atoms with Crippen LogP contribution in [0.2, 0.25) is 0 Å². The molecule has 0 aliphatic heterocycles. The van der Waals surface area contributed by atoms with Crippen LogP contribution in [0, 0.1) is 28.6 Å². The number of unbranched alkanes of at least 4 members (excludes halogenated alkanes) is 2. The number of ether oxygens (including phenoxy) is 1. The molecule has 8 heteroatoms. The molecular formula is C28H37Cl2FO5. The summed E-state index contributed by atoms with van der Waals surface area (Å²) >= 11 is 13.5. The molecule has 0 aromatic carbocycles. The molecule has 0 bridgehead atoms. The molecule has 36 heavy (non-hydrogen) atoms. The van der Waals surface area contributed by atoms with Gasteiger partial charge in [-0.15, -0.1) is 23.2 Å². The Bertz CT molecular complexity index is 1030. The van der Waals surface area contributed by atoms with Crippen molar-refractivity contribution in [2.45, 2.75) is 95.6 Å². The van der Waals surface area contributed by atoms with Gasteiger partial charge in [0.1, 0.15) is 0 Å². The molecule has 0 saturated heterocycles. The van der Waals surface area contributed by atoms with E-state index in [1.54, 1.807) is 13.0 Å². The maximum atomic E-state index is 15.0. The van der Waals surface area contributed by atoms with Gasteiger partial charge in [0.05, 0.1) is 16.9 Å². The van der Waals surface area contributed by atoms with Crippen LogP contribution in [-0.4, -0.2) is 45.1 Å². The number of hydrogen-bond acceptors (Lipinski definition) is 5. The first-order valence-corrected chi connectivity index (χ1v) is 14.1. The van der Waals surface area contributed by atoms with Crippen LogP contribution >= 0.6 is 23.2 Å². The van der Waals surface area contributed by atoms with Gasteiger partial charge in [-0.1, -0.05) is 46.6 Å². The second-order valence-corrected chi connectivity index (χ2v) is 12.6. The molecule has 4 rings (SSSR count). The number of halogens is 3. The molecule has 4 aliphatic rings. The lowest BCUT2D eigenvalue weighted by Gasteiger charge is -2.64. The van der Waals surface area contributed by atoms with Crippen molar-refractivity contribution in [3.63, 3.8) is 0 Å². The third-order valence-corrected chi connectivity index (χ3v) is 11.2. The number of ketones is 2. The Hall–Kier alpha value is -1.24. The van der Waals surface area contributed by atoms with Crippen LogP contribution in [0.15, 0.2) is 23.6 Å². The highest BCUT2D eigenvalue weighted by molar-refractivity contribution is 6.29. The Balaban J connectivity index is 1.78. The van der Waals surface area contributed by atoms with Gasteiger partial charge in [-0.25, -0.2) is 4.39 Å². The van der Waals surface area contributed by atoms with Crippen LogP contribution in [0.25, 0.3) is 0 Å². The van der Waals surface area contributed by atoms with Gasteiger partial charge in [-0.3, -0.25) is 14.4 Å². The number of rotatable bonds is 7. The van der Waals surface area contributed by atoms with Crippen molar-refractivity contribution < 1.29 is 28.6 Å². The molecule has 5 nitrogen and oxygen atoms in total. The summed E-state index contributed by atoms with van der Waals surface area (Å²) in [5, 5.41) is 11.7. The van der Waals surface area contributed by atoms with E-state index in [0.717, 1.165) is 12.8 Å². The van der Waals surface area contributed by atoms with Gasteiger partial charge >= 0.3 is 5.97 Å². The average molecular weight is 544 g/mol. The number of hydrogen-bond donors (Lipinski definition) is 1. The van der Waals surface area contributed by atoms with E-state index in [9.17, 15) is 23.9 Å². The summed E-state index contributed by atoms with van der Waals surface area (Å²) in [4.78, 5) is 37.4. The Morgan fingerprint density at radius 3 is 2.58 bits per heavy atom. The number of esters is 1. The average Bonchev–Trinajstić information content (AvgIpc) is 3.04. The first kappa shape index (κ1) is 27.8. The predicted octanol–water partition coefficient (Wildman–Crippen LogP) is 5.84. The molecule has 0 spiro atoms. The van der Waals surface area contributed by atoms with E-state index in [2.05, 4.69) is 0 Å². The van der Waals surface area contributed by atoms with Gasteiger partial charge in [0.15, 0.2) is 17.2 Å². The topological polar surface area (TPSA) is 80.7 Å². The van der Waals surface area contributed by atoms with Crippen LogP contribution < -0.4 is 0 Å². The number of aliphatic hydroxyl groups is 1. The van der Waals surface area contributed by atoms with E-state index in [0.29, 0.717) is 31.3 Å². The quantitative estimate of drug-likeness (QED) is 0.248. The minimum Gasteiger partial charge on any atom is -0.450 e. The second kappa shape index (κ2) is 9.50. The summed E-state index contributed by atoms with van der Waals surface area (Å²) in [6, 6.07) is 0. The van der Waals surface area contributed by atoms with Gasteiger partial charge in [0.2, 0.25) is 5.78 Å². The lowest BCUT2D eigenvalue weighted by atomic mass is 9.45. The molecule has 4 aliphatic carbocycles. The molecule has 0 aromatic rings. The summed E-state index contributed by atoms with van der Waals surface area (Å²) in [7, 11) is 0. The van der Waals surface area contributed by atoms with Crippen molar-refractivity contribution in [3.8, 4) is 0 Å². The molecule has 1 N–H and O–H groups in total. The molecule has 0 unspecified atom stereocenters. The molecule has 0 amide bonds. The Morgan fingerprint density at radius 2 is 1.94 bits per heavy atom. The van der Waals surface area contributed by atoms with Crippen molar-refractivity contribution >= 4 is 40.7 Å². The first-order valence-electron chi connectivity index (χ1n) is 13.2. The monoisotopic (exact) mass is 542 g/mol. The van der Waals surface area contributed by atoms with E-state index in [4.69, 9.17) is 27.9 Å². The van der Waals surface area contributed by atoms with Gasteiger partial charge in [-0.2, -0.15) is 0 Å². The SMILES string of the molecule is CCCCCC(=O)O[C@@]1(C(=O)CCl)[C@@H](C)C[C@H]2[C@@H]3CCC4=C(F)C(=O)C=C[C@]4(C)[C@@]3(Cl)[C@@H](O)C[C@@]21C. The second-order valence-electron chi connectivity index (χ2n) is 11.7. The Kier molecular flexibility index (Phi) is 7.33.